The summed E-state index contributed by atoms with van der Waals surface area (Å²) in [4.78, 5) is 21.0. The number of alkyl halides is 3. The second-order valence-electron chi connectivity index (χ2n) is 9.94. The lowest BCUT2D eigenvalue weighted by Crippen LogP contribution is -2.39. The maximum absolute atomic E-state index is 13.5. The highest BCUT2D eigenvalue weighted by Gasteiger charge is 2.39. The van der Waals surface area contributed by atoms with Crippen molar-refractivity contribution < 1.29 is 21.6 Å². The molecule has 206 valence electrons. The van der Waals surface area contributed by atoms with Crippen LogP contribution in [0, 0.1) is 18.8 Å². The fraction of sp³-hybridized carbons (Fsp3) is 0.480. The molecule has 13 heteroatoms. The second kappa shape index (κ2) is 10.5. The monoisotopic (exact) mass is 571 g/mol. The molecule has 0 bridgehead atoms. The molecule has 0 spiro atoms. The zero-order valence-corrected chi connectivity index (χ0v) is 23.0. The molecule has 0 radical (unpaired) electrons. The Kier molecular flexibility index (Phi) is 7.79. The molecule has 3 aromatic rings. The predicted octanol–water partition coefficient (Wildman–Crippen LogP) is 5.68. The van der Waals surface area contributed by atoms with Crippen LogP contribution in [0.5, 0.6) is 0 Å². The van der Waals surface area contributed by atoms with Crippen molar-refractivity contribution in [2.24, 2.45) is 11.8 Å². The van der Waals surface area contributed by atoms with Gasteiger partial charge in [-0.2, -0.15) is 22.5 Å². The number of anilines is 2. The van der Waals surface area contributed by atoms with Gasteiger partial charge in [-0.25, -0.2) is 13.4 Å². The highest BCUT2D eigenvalue weighted by atomic mass is 35.5. The van der Waals surface area contributed by atoms with Gasteiger partial charge >= 0.3 is 6.18 Å². The Morgan fingerprint density at radius 1 is 1.13 bits per heavy atom. The minimum absolute atomic E-state index is 0.0585. The van der Waals surface area contributed by atoms with Crippen molar-refractivity contribution in [1.82, 2.24) is 18.8 Å². The molecular formula is C25H29ClF3N5O3S. The van der Waals surface area contributed by atoms with Gasteiger partial charge in [0.25, 0.3) is 5.56 Å². The molecule has 1 aliphatic rings. The minimum Gasteiger partial charge on any atom is -0.324 e. The van der Waals surface area contributed by atoms with Gasteiger partial charge in [-0.1, -0.05) is 25.4 Å². The molecule has 1 unspecified atom stereocenters. The fourth-order valence-corrected chi connectivity index (χ4v) is 6.41. The number of hydrogen-bond acceptors (Lipinski definition) is 6. The normalized spacial score (nSPS) is 16.8. The van der Waals surface area contributed by atoms with Gasteiger partial charge in [-0.15, -0.1) is 0 Å². The number of hydrogen-bond donors (Lipinski definition) is 1. The quantitative estimate of drug-likeness (QED) is 0.409. The highest BCUT2D eigenvalue weighted by Crippen LogP contribution is 2.33. The van der Waals surface area contributed by atoms with Gasteiger partial charge in [0.15, 0.2) is 0 Å². The second-order valence-corrected chi connectivity index (χ2v) is 12.3. The highest BCUT2D eigenvalue weighted by molar-refractivity contribution is 7.89. The number of pyridine rings is 1. The summed E-state index contributed by atoms with van der Waals surface area (Å²) < 4.78 is 68.9. The first-order valence-electron chi connectivity index (χ1n) is 12.2. The molecule has 0 amide bonds. The Bertz CT molecular complexity index is 1520. The first kappa shape index (κ1) is 28.3. The van der Waals surface area contributed by atoms with Gasteiger partial charge in [-0.3, -0.25) is 9.36 Å². The molecule has 0 aliphatic carbocycles. The van der Waals surface area contributed by atoms with E-state index in [1.54, 1.807) is 13.0 Å². The Morgan fingerprint density at radius 3 is 2.37 bits per heavy atom. The smallest absolute Gasteiger partial charge is 0.324 e. The summed E-state index contributed by atoms with van der Waals surface area (Å²) in [5, 5.41) is 2.71. The maximum Gasteiger partial charge on any atom is 0.409 e. The molecule has 3 heterocycles. The average molecular weight is 572 g/mol. The minimum atomic E-state index is -4.71. The number of aromatic nitrogens is 3. The number of rotatable bonds is 6. The van der Waals surface area contributed by atoms with Crippen molar-refractivity contribution >= 4 is 44.3 Å². The largest absolute Gasteiger partial charge is 0.409 e. The van der Waals surface area contributed by atoms with Crippen molar-refractivity contribution in [3.63, 3.8) is 0 Å². The first-order valence-corrected chi connectivity index (χ1v) is 14.0. The van der Waals surface area contributed by atoms with E-state index in [0.29, 0.717) is 40.7 Å². The molecule has 8 nitrogen and oxygen atoms in total. The molecule has 38 heavy (non-hydrogen) atoms. The fourth-order valence-electron chi connectivity index (χ4n) is 4.64. The molecule has 1 saturated heterocycles. The molecular weight excluding hydrogens is 543 g/mol. The van der Waals surface area contributed by atoms with Crippen LogP contribution < -0.4 is 10.9 Å². The third-order valence-electron chi connectivity index (χ3n) is 7.11. The van der Waals surface area contributed by atoms with Crippen LogP contribution in [0.15, 0.2) is 40.2 Å². The number of benzene rings is 1. The van der Waals surface area contributed by atoms with Crippen molar-refractivity contribution in [2.75, 3.05) is 18.4 Å². The van der Waals surface area contributed by atoms with Crippen molar-refractivity contribution in [3.05, 3.63) is 51.4 Å². The summed E-state index contributed by atoms with van der Waals surface area (Å²) in [6.07, 6.45) is -1.80. The third kappa shape index (κ3) is 5.52. The van der Waals surface area contributed by atoms with E-state index >= 15 is 0 Å². The van der Waals surface area contributed by atoms with Crippen molar-refractivity contribution in [1.29, 1.82) is 0 Å². The van der Waals surface area contributed by atoms with Gasteiger partial charge in [0.2, 0.25) is 16.0 Å². The lowest BCUT2D eigenvalue weighted by atomic mass is 9.87. The molecule has 1 fully saturated rings. The van der Waals surface area contributed by atoms with Crippen LogP contribution in [0.3, 0.4) is 0 Å². The van der Waals surface area contributed by atoms with Crippen LogP contribution in [-0.4, -0.2) is 46.5 Å². The van der Waals surface area contributed by atoms with Gasteiger partial charge in [0.05, 0.1) is 4.90 Å². The number of nitrogens with zero attached hydrogens (tertiary/aromatic N) is 4. The molecule has 1 aliphatic heterocycles. The number of nitrogens with one attached hydrogen (secondary N) is 1. The first-order chi connectivity index (χ1) is 17.7. The van der Waals surface area contributed by atoms with Crippen molar-refractivity contribution in [3.8, 4) is 0 Å². The Balaban J connectivity index is 1.63. The number of halogens is 4. The Labute approximate surface area is 223 Å². The van der Waals surface area contributed by atoms with E-state index in [1.165, 1.54) is 28.7 Å². The lowest BCUT2D eigenvalue weighted by Gasteiger charge is -2.33. The molecule has 2 aromatic heterocycles. The van der Waals surface area contributed by atoms with Crippen molar-refractivity contribution in [2.45, 2.75) is 57.7 Å². The van der Waals surface area contributed by atoms with Crippen LogP contribution in [-0.2, 0) is 10.0 Å². The Morgan fingerprint density at radius 2 is 1.79 bits per heavy atom. The van der Waals surface area contributed by atoms with Gasteiger partial charge in [-0.05, 0) is 68.4 Å². The lowest BCUT2D eigenvalue weighted by molar-refractivity contribution is -0.162. The topological polar surface area (TPSA) is 97.2 Å². The van der Waals surface area contributed by atoms with E-state index < -0.39 is 27.8 Å². The molecule has 1 N–H and O–H groups in total. The van der Waals surface area contributed by atoms with E-state index in [2.05, 4.69) is 29.1 Å². The summed E-state index contributed by atoms with van der Waals surface area (Å²) in [7, 11) is -3.67. The van der Waals surface area contributed by atoms with Crippen LogP contribution in [0.1, 0.15) is 45.2 Å². The van der Waals surface area contributed by atoms with E-state index in [4.69, 9.17) is 11.6 Å². The van der Waals surface area contributed by atoms with Gasteiger partial charge in [0, 0.05) is 30.4 Å². The number of sulfonamides is 1. The molecule has 4 rings (SSSR count). The number of aryl methyl sites for hydroxylation is 1. The zero-order chi connectivity index (χ0) is 28.0. The standard InChI is InChI=1S/C25H29ClF3N5O3S/c1-14(2)17-7-9-33(10-8-17)38(36,37)19-5-6-21(15(3)11-19)31-24-30-13-18-12-20(26)23(35)34(22(18)32-24)16(4)25(27,28)29/h5-6,11-14,16-17H,7-10H2,1-4H3,(H,30,31,32). The SMILES string of the molecule is Cc1cc(S(=O)(=O)N2CCC(C(C)C)CC2)ccc1Nc1ncc2cc(Cl)c(=O)n(C(C)C(F)(F)F)c2n1. The van der Waals surface area contributed by atoms with E-state index in [0.717, 1.165) is 19.8 Å². The van der Waals surface area contributed by atoms with Gasteiger partial charge < -0.3 is 5.32 Å². The van der Waals surface area contributed by atoms with E-state index in [1.807, 2.05) is 0 Å². The predicted molar refractivity (Wildman–Crippen MR) is 140 cm³/mol. The van der Waals surface area contributed by atoms with Crippen LogP contribution in [0.4, 0.5) is 24.8 Å². The number of piperidine rings is 1. The summed E-state index contributed by atoms with van der Waals surface area (Å²) in [6, 6.07) is 3.62. The van der Waals surface area contributed by atoms with Crippen LogP contribution >= 0.6 is 11.6 Å². The average Bonchev–Trinajstić information content (AvgIpc) is 2.85. The number of fused-ring (bicyclic) bond motifs is 1. The summed E-state index contributed by atoms with van der Waals surface area (Å²) in [5.74, 6) is 0.952. The summed E-state index contributed by atoms with van der Waals surface area (Å²) in [5.41, 5.74) is -0.210. The molecule has 0 saturated carbocycles. The zero-order valence-electron chi connectivity index (χ0n) is 21.4. The summed E-state index contributed by atoms with van der Waals surface area (Å²) >= 11 is 5.88. The summed E-state index contributed by atoms with van der Waals surface area (Å²) in [6.45, 7) is 7.78. The van der Waals surface area contributed by atoms with E-state index in [9.17, 15) is 26.4 Å². The molecule has 1 aromatic carbocycles. The van der Waals surface area contributed by atoms with Gasteiger partial charge in [0.1, 0.15) is 16.7 Å². The van der Waals surface area contributed by atoms with Crippen LogP contribution in [0.2, 0.25) is 5.02 Å². The van der Waals surface area contributed by atoms with E-state index in [-0.39, 0.29) is 26.9 Å². The van der Waals surface area contributed by atoms with Crippen LogP contribution in [0.25, 0.3) is 11.0 Å². The maximum atomic E-state index is 13.5. The third-order valence-corrected chi connectivity index (χ3v) is 9.28. The Hall–Kier alpha value is -2.70. The molecule has 1 atom stereocenters.